The molecule has 0 saturated carbocycles. The summed E-state index contributed by atoms with van der Waals surface area (Å²) >= 11 is 0. The Balaban J connectivity index is 2.06. The van der Waals surface area contributed by atoms with Crippen LogP contribution in [0.1, 0.15) is 38.7 Å². The lowest BCUT2D eigenvalue weighted by atomic mass is 9.98. The van der Waals surface area contributed by atoms with Gasteiger partial charge in [-0.15, -0.1) is 0 Å². The van der Waals surface area contributed by atoms with Gasteiger partial charge < -0.3 is 9.64 Å². The number of ether oxygens (including phenoxy) is 1. The SMILES string of the molecule is CC1(C)C=C(N2CCCCC2=O)c2cnccc2O1. The van der Waals surface area contributed by atoms with Gasteiger partial charge in [0.05, 0.1) is 11.3 Å². The van der Waals surface area contributed by atoms with Crippen molar-refractivity contribution < 1.29 is 9.53 Å². The Kier molecular flexibility index (Phi) is 2.81. The van der Waals surface area contributed by atoms with Gasteiger partial charge in [0, 0.05) is 25.4 Å². The van der Waals surface area contributed by atoms with Crippen molar-refractivity contribution in [3.8, 4) is 5.75 Å². The first-order valence-corrected chi connectivity index (χ1v) is 6.73. The molecule has 0 aliphatic carbocycles. The van der Waals surface area contributed by atoms with Gasteiger partial charge in [0.15, 0.2) is 0 Å². The lowest BCUT2D eigenvalue weighted by Gasteiger charge is -2.36. The minimum Gasteiger partial charge on any atom is -0.483 e. The number of likely N-dealkylation sites (tertiary alicyclic amines) is 1. The Labute approximate surface area is 113 Å². The predicted octanol–water partition coefficient (Wildman–Crippen LogP) is 2.61. The maximum atomic E-state index is 12.1. The molecule has 3 rings (SSSR count). The fraction of sp³-hybridized carbons (Fsp3) is 0.467. The van der Waals surface area contributed by atoms with Crippen molar-refractivity contribution in [2.45, 2.75) is 38.7 Å². The predicted molar refractivity (Wildman–Crippen MR) is 72.5 cm³/mol. The van der Waals surface area contributed by atoms with Crippen LogP contribution in [0.15, 0.2) is 24.5 Å². The maximum absolute atomic E-state index is 12.1. The van der Waals surface area contributed by atoms with Crippen LogP contribution >= 0.6 is 0 Å². The third kappa shape index (κ3) is 2.23. The van der Waals surface area contributed by atoms with Crippen LogP contribution in [0.25, 0.3) is 5.70 Å². The van der Waals surface area contributed by atoms with Crippen molar-refractivity contribution in [2.24, 2.45) is 0 Å². The van der Waals surface area contributed by atoms with Gasteiger partial charge in [-0.25, -0.2) is 0 Å². The molecule has 2 aliphatic rings. The molecule has 1 amide bonds. The average Bonchev–Trinajstić information content (AvgIpc) is 2.37. The van der Waals surface area contributed by atoms with Crippen molar-refractivity contribution in [3.63, 3.8) is 0 Å². The smallest absolute Gasteiger partial charge is 0.226 e. The summed E-state index contributed by atoms with van der Waals surface area (Å²) in [5.41, 5.74) is 1.46. The quantitative estimate of drug-likeness (QED) is 0.777. The van der Waals surface area contributed by atoms with Crippen LogP contribution in [-0.4, -0.2) is 27.9 Å². The van der Waals surface area contributed by atoms with Crippen molar-refractivity contribution in [1.82, 2.24) is 9.88 Å². The number of hydrogen-bond donors (Lipinski definition) is 0. The minimum atomic E-state index is -0.401. The van der Waals surface area contributed by atoms with E-state index in [0.717, 1.165) is 36.4 Å². The molecular weight excluding hydrogens is 240 g/mol. The van der Waals surface area contributed by atoms with E-state index in [1.165, 1.54) is 0 Å². The normalized spacial score (nSPS) is 21.5. The number of carbonyl (C=O) groups excluding carboxylic acids is 1. The Bertz CT molecular complexity index is 549. The van der Waals surface area contributed by atoms with E-state index >= 15 is 0 Å². The number of amides is 1. The van der Waals surface area contributed by atoms with E-state index in [1.54, 1.807) is 12.4 Å². The highest BCUT2D eigenvalue weighted by molar-refractivity contribution is 5.89. The molecule has 1 fully saturated rings. The molecule has 4 nitrogen and oxygen atoms in total. The lowest BCUT2D eigenvalue weighted by Crippen LogP contribution is -2.38. The molecule has 0 radical (unpaired) electrons. The highest BCUT2D eigenvalue weighted by Gasteiger charge is 2.32. The molecule has 0 unspecified atom stereocenters. The van der Waals surface area contributed by atoms with Crippen LogP contribution in [-0.2, 0) is 4.79 Å². The highest BCUT2D eigenvalue weighted by atomic mass is 16.5. The van der Waals surface area contributed by atoms with Gasteiger partial charge >= 0.3 is 0 Å². The van der Waals surface area contributed by atoms with Crippen molar-refractivity contribution in [3.05, 3.63) is 30.1 Å². The second-order valence-corrected chi connectivity index (χ2v) is 5.61. The Morgan fingerprint density at radius 1 is 1.37 bits per heavy atom. The Morgan fingerprint density at radius 2 is 2.21 bits per heavy atom. The number of aromatic nitrogens is 1. The summed E-state index contributed by atoms with van der Waals surface area (Å²) in [5, 5.41) is 0. The fourth-order valence-corrected chi connectivity index (χ4v) is 2.67. The number of carbonyl (C=O) groups is 1. The first-order chi connectivity index (χ1) is 9.07. The van der Waals surface area contributed by atoms with Gasteiger partial charge in [0.25, 0.3) is 0 Å². The molecule has 0 aromatic carbocycles. The van der Waals surface area contributed by atoms with E-state index in [1.807, 2.05) is 30.9 Å². The van der Waals surface area contributed by atoms with Crippen LogP contribution < -0.4 is 4.74 Å². The zero-order valence-corrected chi connectivity index (χ0v) is 11.3. The molecule has 1 aromatic heterocycles. The zero-order chi connectivity index (χ0) is 13.5. The lowest BCUT2D eigenvalue weighted by molar-refractivity contribution is -0.129. The minimum absolute atomic E-state index is 0.199. The molecule has 0 atom stereocenters. The molecule has 4 heteroatoms. The Hall–Kier alpha value is -1.84. The monoisotopic (exact) mass is 258 g/mol. The molecule has 2 aliphatic heterocycles. The van der Waals surface area contributed by atoms with E-state index < -0.39 is 5.60 Å². The van der Waals surface area contributed by atoms with E-state index in [4.69, 9.17) is 4.74 Å². The van der Waals surface area contributed by atoms with E-state index in [9.17, 15) is 4.79 Å². The molecule has 1 aromatic rings. The van der Waals surface area contributed by atoms with Gasteiger partial charge in [-0.05, 0) is 38.8 Å². The highest BCUT2D eigenvalue weighted by Crippen LogP contribution is 2.38. The number of fused-ring (bicyclic) bond motifs is 1. The molecule has 0 N–H and O–H groups in total. The third-order valence-electron chi connectivity index (χ3n) is 3.53. The first-order valence-electron chi connectivity index (χ1n) is 6.73. The van der Waals surface area contributed by atoms with Crippen molar-refractivity contribution >= 4 is 11.6 Å². The summed E-state index contributed by atoms with van der Waals surface area (Å²) in [6.07, 6.45) is 8.20. The van der Waals surface area contributed by atoms with E-state index in [0.29, 0.717) is 6.42 Å². The second kappa shape index (κ2) is 4.37. The summed E-state index contributed by atoms with van der Waals surface area (Å²) in [6, 6.07) is 1.86. The number of pyridine rings is 1. The van der Waals surface area contributed by atoms with E-state index in [2.05, 4.69) is 4.98 Å². The molecule has 0 spiro atoms. The maximum Gasteiger partial charge on any atom is 0.226 e. The summed E-state index contributed by atoms with van der Waals surface area (Å²) in [7, 11) is 0. The van der Waals surface area contributed by atoms with Crippen LogP contribution in [0.4, 0.5) is 0 Å². The van der Waals surface area contributed by atoms with Gasteiger partial charge in [-0.3, -0.25) is 9.78 Å². The summed E-state index contributed by atoms with van der Waals surface area (Å²) in [5.74, 6) is 1.00. The molecular formula is C15H18N2O2. The van der Waals surface area contributed by atoms with Crippen molar-refractivity contribution in [2.75, 3.05) is 6.54 Å². The topological polar surface area (TPSA) is 42.4 Å². The summed E-state index contributed by atoms with van der Waals surface area (Å²) in [6.45, 7) is 4.80. The zero-order valence-electron chi connectivity index (χ0n) is 11.3. The van der Waals surface area contributed by atoms with Crippen LogP contribution in [0, 0.1) is 0 Å². The van der Waals surface area contributed by atoms with Gasteiger partial charge in [0.1, 0.15) is 11.4 Å². The standard InChI is InChI=1S/C15H18N2O2/c1-15(2)9-12(17-8-4-3-5-14(17)18)11-10-16-7-6-13(11)19-15/h6-7,9-10H,3-5,8H2,1-2H3. The average molecular weight is 258 g/mol. The fourth-order valence-electron chi connectivity index (χ4n) is 2.67. The van der Waals surface area contributed by atoms with Crippen molar-refractivity contribution in [1.29, 1.82) is 0 Å². The number of hydrogen-bond acceptors (Lipinski definition) is 3. The first kappa shape index (κ1) is 12.2. The van der Waals surface area contributed by atoms with Gasteiger partial charge in [0.2, 0.25) is 5.91 Å². The van der Waals surface area contributed by atoms with Crippen LogP contribution in [0.2, 0.25) is 0 Å². The molecule has 100 valence electrons. The van der Waals surface area contributed by atoms with Gasteiger partial charge in [-0.2, -0.15) is 0 Å². The van der Waals surface area contributed by atoms with E-state index in [-0.39, 0.29) is 5.91 Å². The van der Waals surface area contributed by atoms with Crippen LogP contribution in [0.3, 0.4) is 0 Å². The Morgan fingerprint density at radius 3 is 3.00 bits per heavy atom. The largest absolute Gasteiger partial charge is 0.483 e. The summed E-state index contributed by atoms with van der Waals surface area (Å²) in [4.78, 5) is 18.2. The second-order valence-electron chi connectivity index (χ2n) is 5.61. The molecule has 1 saturated heterocycles. The van der Waals surface area contributed by atoms with Crippen LogP contribution in [0.5, 0.6) is 5.75 Å². The summed E-state index contributed by atoms with van der Waals surface area (Å²) < 4.78 is 5.92. The number of rotatable bonds is 1. The molecule has 0 bridgehead atoms. The number of nitrogens with zero attached hydrogens (tertiary/aromatic N) is 2. The molecule has 19 heavy (non-hydrogen) atoms. The molecule has 3 heterocycles. The van der Waals surface area contributed by atoms with Gasteiger partial charge in [-0.1, -0.05) is 0 Å². The number of piperidine rings is 1. The third-order valence-corrected chi connectivity index (χ3v) is 3.53.